The lowest BCUT2D eigenvalue weighted by Gasteiger charge is -2.19. The molecule has 0 unspecified atom stereocenters. The van der Waals surface area contributed by atoms with Crippen LogP contribution in [0.1, 0.15) is 24.6 Å². The Morgan fingerprint density at radius 3 is 2.59 bits per heavy atom. The molecule has 2 N–H and O–H groups in total. The average Bonchev–Trinajstić information content (AvgIpc) is 3.30. The van der Waals surface area contributed by atoms with E-state index in [0.717, 1.165) is 28.5 Å². The second-order valence-corrected chi connectivity index (χ2v) is 8.83. The van der Waals surface area contributed by atoms with Crippen LogP contribution in [0.15, 0.2) is 58.7 Å². The summed E-state index contributed by atoms with van der Waals surface area (Å²) in [6, 6.07) is 12.7. The molecule has 5 rings (SSSR count). The van der Waals surface area contributed by atoms with E-state index in [4.69, 9.17) is 9.47 Å². The van der Waals surface area contributed by atoms with Gasteiger partial charge in [0.25, 0.3) is 5.78 Å². The number of carbonyl (C=O) groups is 1. The predicted molar refractivity (Wildman–Crippen MR) is 130 cm³/mol. The van der Waals surface area contributed by atoms with E-state index in [9.17, 15) is 4.79 Å². The molecule has 2 aromatic heterocycles. The van der Waals surface area contributed by atoms with Gasteiger partial charge in [0.05, 0.1) is 0 Å². The van der Waals surface area contributed by atoms with Gasteiger partial charge in [-0.15, -0.1) is 0 Å². The summed E-state index contributed by atoms with van der Waals surface area (Å²) in [6.45, 7) is 5.18. The Morgan fingerprint density at radius 2 is 1.79 bits per heavy atom. The molecule has 0 bridgehead atoms. The Kier molecular flexibility index (Phi) is 6.22. The number of nitrogens with zero attached hydrogens (tertiary/aromatic N) is 4. The van der Waals surface area contributed by atoms with Crippen molar-refractivity contribution in [3.8, 4) is 11.5 Å². The van der Waals surface area contributed by atoms with Gasteiger partial charge in [-0.2, -0.15) is 14.6 Å². The summed E-state index contributed by atoms with van der Waals surface area (Å²) in [5.74, 6) is 1.90. The third kappa shape index (κ3) is 4.62. The Bertz CT molecular complexity index is 1340. The van der Waals surface area contributed by atoms with Crippen LogP contribution >= 0.6 is 11.8 Å². The molecule has 2 aromatic carbocycles. The van der Waals surface area contributed by atoms with Crippen molar-refractivity contribution in [1.82, 2.24) is 19.6 Å². The van der Waals surface area contributed by atoms with Crippen LogP contribution in [-0.4, -0.2) is 38.8 Å². The fourth-order valence-corrected chi connectivity index (χ4v) is 4.81. The molecule has 1 aliphatic rings. The molecule has 4 aromatic rings. The summed E-state index contributed by atoms with van der Waals surface area (Å²) < 4.78 is 12.9. The van der Waals surface area contributed by atoms with Gasteiger partial charge in [-0.1, -0.05) is 25.1 Å². The number of ether oxygens (including phenoxy) is 2. The van der Waals surface area contributed by atoms with Crippen molar-refractivity contribution >= 4 is 34.9 Å². The second kappa shape index (κ2) is 9.60. The van der Waals surface area contributed by atoms with Crippen molar-refractivity contribution in [2.45, 2.75) is 36.6 Å². The summed E-state index contributed by atoms with van der Waals surface area (Å²) in [6.07, 6.45) is 3.45. The molecule has 0 atom stereocenters. The first-order chi connectivity index (χ1) is 16.6. The first-order valence-electron chi connectivity index (χ1n) is 11.1. The Morgan fingerprint density at radius 1 is 1.06 bits per heavy atom. The fraction of sp³-hybridized carbons (Fsp3) is 0.250. The number of amides is 2. The normalized spacial score (nSPS) is 12.5. The van der Waals surface area contributed by atoms with E-state index in [1.165, 1.54) is 11.9 Å². The van der Waals surface area contributed by atoms with E-state index in [-0.39, 0.29) is 6.03 Å². The number of carbonyl (C=O) groups excluding carboxylic acids is 1. The second-order valence-electron chi connectivity index (χ2n) is 7.77. The van der Waals surface area contributed by atoms with E-state index in [1.54, 1.807) is 34.5 Å². The zero-order chi connectivity index (χ0) is 23.5. The molecular weight excluding hydrogens is 452 g/mol. The lowest BCUT2D eigenvalue weighted by Crippen LogP contribution is -2.20. The van der Waals surface area contributed by atoms with E-state index in [2.05, 4.69) is 32.6 Å². The van der Waals surface area contributed by atoms with Crippen LogP contribution < -0.4 is 20.1 Å². The summed E-state index contributed by atoms with van der Waals surface area (Å²) in [5.41, 5.74) is 3.46. The highest BCUT2D eigenvalue weighted by Crippen LogP contribution is 2.34. The summed E-state index contributed by atoms with van der Waals surface area (Å²) in [4.78, 5) is 22.3. The van der Waals surface area contributed by atoms with Gasteiger partial charge >= 0.3 is 6.03 Å². The molecule has 10 heteroatoms. The molecule has 0 radical (unpaired) electrons. The van der Waals surface area contributed by atoms with Gasteiger partial charge in [-0.25, -0.2) is 9.78 Å². The van der Waals surface area contributed by atoms with Gasteiger partial charge in [0.1, 0.15) is 24.6 Å². The molecule has 0 spiro atoms. The lowest BCUT2D eigenvalue weighted by atomic mass is 10.1. The summed E-state index contributed by atoms with van der Waals surface area (Å²) in [7, 11) is 0. The van der Waals surface area contributed by atoms with Crippen LogP contribution in [-0.2, 0) is 6.42 Å². The van der Waals surface area contributed by atoms with E-state index in [0.29, 0.717) is 41.9 Å². The minimum atomic E-state index is -0.337. The number of benzene rings is 2. The molecule has 3 heterocycles. The molecular formula is C24H24N6O3S. The number of fused-ring (bicyclic) bond motifs is 2. The van der Waals surface area contributed by atoms with Crippen molar-refractivity contribution in [2.75, 3.05) is 23.8 Å². The van der Waals surface area contributed by atoms with Gasteiger partial charge in [0.2, 0.25) is 0 Å². The number of nitrogens with one attached hydrogen (secondary N) is 2. The average molecular weight is 477 g/mol. The van der Waals surface area contributed by atoms with Crippen LogP contribution in [0.2, 0.25) is 0 Å². The summed E-state index contributed by atoms with van der Waals surface area (Å²) >= 11 is 1.61. The molecule has 0 saturated carbocycles. The number of anilines is 2. The van der Waals surface area contributed by atoms with Crippen molar-refractivity contribution in [2.24, 2.45) is 0 Å². The van der Waals surface area contributed by atoms with Crippen molar-refractivity contribution in [3.63, 3.8) is 0 Å². The molecule has 34 heavy (non-hydrogen) atoms. The van der Waals surface area contributed by atoms with Crippen LogP contribution in [0.5, 0.6) is 11.5 Å². The van der Waals surface area contributed by atoms with Crippen LogP contribution in [0.4, 0.5) is 16.2 Å². The molecule has 0 fully saturated rings. The minimum absolute atomic E-state index is 0.337. The van der Waals surface area contributed by atoms with Crippen LogP contribution in [0.25, 0.3) is 5.78 Å². The Hall–Kier alpha value is -3.79. The largest absolute Gasteiger partial charge is 0.486 e. The molecule has 0 saturated heterocycles. The van der Waals surface area contributed by atoms with Crippen molar-refractivity contribution in [3.05, 3.63) is 60.0 Å². The van der Waals surface area contributed by atoms with Crippen molar-refractivity contribution in [1.29, 1.82) is 0 Å². The van der Waals surface area contributed by atoms with Gasteiger partial charge in [-0.05, 0) is 49.7 Å². The Labute approximate surface area is 200 Å². The number of hydrogen-bond acceptors (Lipinski definition) is 7. The van der Waals surface area contributed by atoms with Gasteiger partial charge in [0.15, 0.2) is 11.5 Å². The van der Waals surface area contributed by atoms with Gasteiger partial charge in [0, 0.05) is 33.6 Å². The summed E-state index contributed by atoms with van der Waals surface area (Å²) in [5, 5.41) is 11.1. The maximum Gasteiger partial charge on any atom is 0.323 e. The zero-order valence-corrected chi connectivity index (χ0v) is 19.7. The SMILES string of the molecule is CCCc1c(C)nc2ncnn2c1Sc1ccc(NC(=O)Nc2ccc3c(c2)OCCO3)cc1. The van der Waals surface area contributed by atoms with Crippen molar-refractivity contribution < 1.29 is 14.3 Å². The van der Waals surface area contributed by atoms with E-state index >= 15 is 0 Å². The maximum atomic E-state index is 12.5. The third-order valence-electron chi connectivity index (χ3n) is 5.31. The van der Waals surface area contributed by atoms with Gasteiger partial charge in [-0.3, -0.25) is 0 Å². The predicted octanol–water partition coefficient (Wildman–Crippen LogP) is 4.95. The number of urea groups is 1. The van der Waals surface area contributed by atoms with Crippen LogP contribution in [0.3, 0.4) is 0 Å². The minimum Gasteiger partial charge on any atom is -0.486 e. The van der Waals surface area contributed by atoms with E-state index in [1.807, 2.05) is 31.2 Å². The topological polar surface area (TPSA) is 103 Å². The maximum absolute atomic E-state index is 12.5. The highest BCUT2D eigenvalue weighted by molar-refractivity contribution is 7.99. The Balaban J connectivity index is 1.28. The highest BCUT2D eigenvalue weighted by atomic mass is 32.2. The first-order valence-corrected chi connectivity index (χ1v) is 11.9. The van der Waals surface area contributed by atoms with Crippen LogP contribution in [0, 0.1) is 6.92 Å². The number of hydrogen-bond donors (Lipinski definition) is 2. The molecule has 2 amide bonds. The number of rotatable bonds is 6. The quantitative estimate of drug-likeness (QED) is 0.380. The highest BCUT2D eigenvalue weighted by Gasteiger charge is 2.16. The lowest BCUT2D eigenvalue weighted by molar-refractivity contribution is 0.171. The number of aryl methyl sites for hydroxylation is 1. The standard InChI is InChI=1S/C24H24N6O3S/c1-3-4-19-15(2)27-23-25-14-26-30(23)22(19)34-18-8-5-16(6-9-18)28-24(31)29-17-7-10-20-21(13-17)33-12-11-32-20/h5-10,13-14H,3-4,11-12H2,1-2H3,(H2,28,29,31). The number of aromatic nitrogens is 4. The third-order valence-corrected chi connectivity index (χ3v) is 6.43. The molecule has 174 valence electrons. The zero-order valence-electron chi connectivity index (χ0n) is 18.9. The molecule has 0 aliphatic carbocycles. The fourth-order valence-electron chi connectivity index (χ4n) is 3.73. The van der Waals surface area contributed by atoms with Gasteiger partial charge < -0.3 is 20.1 Å². The monoisotopic (exact) mass is 476 g/mol. The first kappa shape index (κ1) is 22.0. The van der Waals surface area contributed by atoms with E-state index < -0.39 is 0 Å². The molecule has 1 aliphatic heterocycles. The molecule has 9 nitrogen and oxygen atoms in total. The smallest absolute Gasteiger partial charge is 0.323 e.